The van der Waals surface area contributed by atoms with Crippen molar-refractivity contribution in [2.75, 3.05) is 6.61 Å². The molecule has 0 saturated heterocycles. The Balaban J connectivity index is 2.01. The predicted molar refractivity (Wildman–Crippen MR) is 79.8 cm³/mol. The van der Waals surface area contributed by atoms with Gasteiger partial charge in [-0.15, -0.1) is 0 Å². The summed E-state index contributed by atoms with van der Waals surface area (Å²) in [7, 11) is 0. The molecule has 1 amide bonds. The van der Waals surface area contributed by atoms with Crippen molar-refractivity contribution in [3.63, 3.8) is 0 Å². The van der Waals surface area contributed by atoms with E-state index in [4.69, 9.17) is 9.15 Å². The van der Waals surface area contributed by atoms with Gasteiger partial charge >= 0.3 is 5.63 Å². The first kappa shape index (κ1) is 16.5. The minimum atomic E-state index is -1.35. The van der Waals surface area contributed by atoms with Crippen molar-refractivity contribution in [1.82, 2.24) is 5.32 Å². The van der Waals surface area contributed by atoms with Crippen LogP contribution in [0.15, 0.2) is 39.5 Å². The number of hydrogen-bond donors (Lipinski definition) is 1. The fourth-order valence-corrected chi connectivity index (χ4v) is 1.99. The van der Waals surface area contributed by atoms with Crippen LogP contribution in [-0.2, 0) is 9.59 Å². The van der Waals surface area contributed by atoms with E-state index in [1.54, 1.807) is 32.0 Å². The van der Waals surface area contributed by atoms with E-state index >= 15 is 0 Å². The number of carboxylic acids is 1. The lowest BCUT2D eigenvalue weighted by molar-refractivity contribution is -0.309. The molecule has 1 atom stereocenters. The van der Waals surface area contributed by atoms with Gasteiger partial charge in [-0.3, -0.25) is 4.79 Å². The molecule has 0 bridgehead atoms. The van der Waals surface area contributed by atoms with E-state index in [1.165, 1.54) is 12.1 Å². The third-order valence-corrected chi connectivity index (χ3v) is 3.20. The molecule has 1 aromatic heterocycles. The summed E-state index contributed by atoms with van der Waals surface area (Å²) in [4.78, 5) is 33.8. The Kier molecular flexibility index (Phi) is 5.00. The lowest BCUT2D eigenvalue weighted by Crippen LogP contribution is -2.51. The number of carbonyl (C=O) groups excluding carboxylic acids is 2. The fourth-order valence-electron chi connectivity index (χ4n) is 1.99. The number of rotatable bonds is 6. The summed E-state index contributed by atoms with van der Waals surface area (Å²) in [6, 6.07) is 6.63. The van der Waals surface area contributed by atoms with E-state index in [0.717, 1.165) is 5.39 Å². The smallest absolute Gasteiger partial charge is 0.336 e. The Morgan fingerprint density at radius 3 is 2.61 bits per heavy atom. The second kappa shape index (κ2) is 6.95. The van der Waals surface area contributed by atoms with Gasteiger partial charge in [0.2, 0.25) is 0 Å². The molecular formula is C16H16NO6-. The van der Waals surface area contributed by atoms with Gasteiger partial charge in [-0.05, 0) is 24.1 Å². The van der Waals surface area contributed by atoms with Crippen molar-refractivity contribution >= 4 is 22.8 Å². The maximum atomic E-state index is 11.8. The van der Waals surface area contributed by atoms with E-state index in [1.807, 2.05) is 0 Å². The molecule has 0 fully saturated rings. The lowest BCUT2D eigenvalue weighted by atomic mass is 10.1. The van der Waals surface area contributed by atoms with Crippen LogP contribution in [-0.4, -0.2) is 24.5 Å². The standard InChI is InChI=1S/C16H17NO6/c1-9(2)15(16(20)21)17-13(18)8-22-11-5-3-10-4-6-14(19)23-12(10)7-11/h3-7,9,15H,8H2,1-2H3,(H,17,18)(H,20,21)/p-1/t15-/m0/s1. The first-order valence-electron chi connectivity index (χ1n) is 7.04. The molecule has 0 aliphatic rings. The van der Waals surface area contributed by atoms with E-state index < -0.39 is 23.5 Å². The van der Waals surface area contributed by atoms with Gasteiger partial charge in [0.15, 0.2) is 6.61 Å². The summed E-state index contributed by atoms with van der Waals surface area (Å²) in [5.74, 6) is -1.90. The highest BCUT2D eigenvalue weighted by Gasteiger charge is 2.17. The molecule has 2 rings (SSSR count). The minimum Gasteiger partial charge on any atom is -0.548 e. The molecule has 1 aromatic carbocycles. The monoisotopic (exact) mass is 318 g/mol. The fraction of sp³-hybridized carbons (Fsp3) is 0.312. The number of carbonyl (C=O) groups is 2. The molecule has 0 saturated carbocycles. The van der Waals surface area contributed by atoms with Crippen molar-refractivity contribution < 1.29 is 23.8 Å². The van der Waals surface area contributed by atoms with E-state index in [2.05, 4.69) is 5.32 Å². The second-order valence-corrected chi connectivity index (χ2v) is 5.35. The predicted octanol–water partition coefficient (Wildman–Crippen LogP) is 0.0625. The zero-order chi connectivity index (χ0) is 17.0. The van der Waals surface area contributed by atoms with Crippen LogP contribution in [0.2, 0.25) is 0 Å². The lowest BCUT2D eigenvalue weighted by Gasteiger charge is -2.23. The minimum absolute atomic E-state index is 0.307. The van der Waals surface area contributed by atoms with Gasteiger partial charge in [0.05, 0.1) is 12.0 Å². The number of amides is 1. The van der Waals surface area contributed by atoms with Gasteiger partial charge in [0, 0.05) is 17.5 Å². The largest absolute Gasteiger partial charge is 0.548 e. The van der Waals surface area contributed by atoms with Gasteiger partial charge in [-0.25, -0.2) is 4.79 Å². The van der Waals surface area contributed by atoms with Crippen LogP contribution in [0.25, 0.3) is 11.0 Å². The molecule has 0 aliphatic carbocycles. The van der Waals surface area contributed by atoms with Crippen LogP contribution < -0.4 is 20.8 Å². The molecule has 7 heteroatoms. The Labute approximate surface area is 131 Å². The summed E-state index contributed by atoms with van der Waals surface area (Å²) in [6.45, 7) is 2.96. The molecule has 0 aliphatic heterocycles. The number of benzene rings is 1. The number of hydrogen-bond acceptors (Lipinski definition) is 6. The Morgan fingerprint density at radius 1 is 1.26 bits per heavy atom. The van der Waals surface area contributed by atoms with E-state index in [0.29, 0.717) is 11.3 Å². The molecular weight excluding hydrogens is 302 g/mol. The number of carboxylic acid groups (broad SMARTS) is 1. The van der Waals surface area contributed by atoms with Gasteiger partial charge in [-0.1, -0.05) is 13.8 Å². The van der Waals surface area contributed by atoms with Crippen molar-refractivity contribution in [3.8, 4) is 5.75 Å². The van der Waals surface area contributed by atoms with Gasteiger partial charge < -0.3 is 24.4 Å². The average molecular weight is 318 g/mol. The maximum Gasteiger partial charge on any atom is 0.336 e. The van der Waals surface area contributed by atoms with Gasteiger partial charge in [-0.2, -0.15) is 0 Å². The third kappa shape index (κ3) is 4.32. The van der Waals surface area contributed by atoms with Crippen molar-refractivity contribution in [1.29, 1.82) is 0 Å². The van der Waals surface area contributed by atoms with Crippen molar-refractivity contribution in [3.05, 3.63) is 40.8 Å². The van der Waals surface area contributed by atoms with Crippen LogP contribution in [0.5, 0.6) is 5.75 Å². The second-order valence-electron chi connectivity index (χ2n) is 5.35. The normalized spacial score (nSPS) is 12.1. The van der Waals surface area contributed by atoms with Crippen molar-refractivity contribution in [2.24, 2.45) is 5.92 Å². The van der Waals surface area contributed by atoms with Crippen LogP contribution in [0.4, 0.5) is 0 Å². The number of aliphatic carboxylic acids is 1. The first-order valence-corrected chi connectivity index (χ1v) is 7.04. The van der Waals surface area contributed by atoms with Crippen molar-refractivity contribution in [2.45, 2.75) is 19.9 Å². The van der Waals surface area contributed by atoms with Crippen LogP contribution in [0.3, 0.4) is 0 Å². The molecule has 0 spiro atoms. The SMILES string of the molecule is CC(C)[C@H](NC(=O)COc1ccc2ccc(=O)oc2c1)C(=O)[O-]. The number of fused-ring (bicyclic) bond motifs is 1. The highest BCUT2D eigenvalue weighted by Crippen LogP contribution is 2.19. The summed E-state index contributed by atoms with van der Waals surface area (Å²) in [5, 5.41) is 14.0. The maximum absolute atomic E-state index is 11.8. The Morgan fingerprint density at radius 2 is 1.96 bits per heavy atom. The third-order valence-electron chi connectivity index (χ3n) is 3.20. The highest BCUT2D eigenvalue weighted by atomic mass is 16.5. The van der Waals surface area contributed by atoms with Crippen LogP contribution in [0.1, 0.15) is 13.8 Å². The molecule has 122 valence electrons. The Bertz CT molecular complexity index is 779. The van der Waals surface area contributed by atoms with Gasteiger partial charge in [0.1, 0.15) is 11.3 Å². The summed E-state index contributed by atoms with van der Waals surface area (Å²) >= 11 is 0. The number of nitrogens with one attached hydrogen (secondary N) is 1. The molecule has 7 nitrogen and oxygen atoms in total. The van der Waals surface area contributed by atoms with Crippen LogP contribution in [0, 0.1) is 5.92 Å². The average Bonchev–Trinajstić information content (AvgIpc) is 2.49. The molecule has 1 heterocycles. The molecule has 23 heavy (non-hydrogen) atoms. The van der Waals surface area contributed by atoms with Crippen LogP contribution >= 0.6 is 0 Å². The summed E-state index contributed by atoms with van der Waals surface area (Å²) < 4.78 is 10.3. The zero-order valence-electron chi connectivity index (χ0n) is 12.7. The van der Waals surface area contributed by atoms with Gasteiger partial charge in [0.25, 0.3) is 5.91 Å². The summed E-state index contributed by atoms with van der Waals surface area (Å²) in [6.07, 6.45) is 0. The molecule has 0 radical (unpaired) electrons. The van der Waals surface area contributed by atoms with E-state index in [-0.39, 0.29) is 12.5 Å². The molecule has 2 aromatic rings. The molecule has 0 unspecified atom stereocenters. The zero-order valence-corrected chi connectivity index (χ0v) is 12.7. The number of ether oxygens (including phenoxy) is 1. The Hall–Kier alpha value is -2.83. The topological polar surface area (TPSA) is 109 Å². The van der Waals surface area contributed by atoms with E-state index in [9.17, 15) is 19.5 Å². The quantitative estimate of drug-likeness (QED) is 0.755. The first-order chi connectivity index (χ1) is 10.9. The molecule has 1 N–H and O–H groups in total. The summed E-state index contributed by atoms with van der Waals surface area (Å²) in [5.41, 5.74) is -0.147. The highest BCUT2D eigenvalue weighted by molar-refractivity contribution is 5.84.